The molecule has 0 saturated carbocycles. The largest absolute Gasteiger partial charge is 0.458 e. The van der Waals surface area contributed by atoms with Crippen LogP contribution >= 0.6 is 0 Å². The maximum absolute atomic E-state index is 12.9. The van der Waals surface area contributed by atoms with Crippen molar-refractivity contribution in [1.82, 2.24) is 35.8 Å². The Bertz CT molecular complexity index is 1210. The van der Waals surface area contributed by atoms with Gasteiger partial charge in [0.15, 0.2) is 6.23 Å². The van der Waals surface area contributed by atoms with Gasteiger partial charge < -0.3 is 10.1 Å². The van der Waals surface area contributed by atoms with Crippen LogP contribution in [-0.2, 0) is 0 Å². The minimum absolute atomic E-state index is 0.0820. The first-order chi connectivity index (χ1) is 17.7. The van der Waals surface area contributed by atoms with Gasteiger partial charge in [0.25, 0.3) is 11.9 Å². The van der Waals surface area contributed by atoms with Crippen LogP contribution in [0, 0.1) is 0 Å². The first kappa shape index (κ1) is 23.6. The molecule has 2 unspecified atom stereocenters. The number of carbonyl (C=O) groups is 1. The minimum atomic E-state index is -0.421. The highest BCUT2D eigenvalue weighted by atomic mass is 16.5. The zero-order valence-electron chi connectivity index (χ0n) is 19.9. The number of H-pyrrole nitrogens is 1. The van der Waals surface area contributed by atoms with E-state index in [1.165, 1.54) is 11.1 Å². The number of benzene rings is 2. The van der Waals surface area contributed by atoms with Crippen molar-refractivity contribution in [2.75, 3.05) is 25.0 Å². The molecule has 2 aromatic heterocycles. The number of aromatic amines is 1. The number of nitrogens with zero attached hydrogens (tertiary/aromatic N) is 5. The summed E-state index contributed by atoms with van der Waals surface area (Å²) in [4.78, 5) is 19.6. The van der Waals surface area contributed by atoms with Crippen molar-refractivity contribution < 1.29 is 9.53 Å². The van der Waals surface area contributed by atoms with Crippen molar-refractivity contribution in [1.29, 1.82) is 0 Å². The molecule has 36 heavy (non-hydrogen) atoms. The van der Waals surface area contributed by atoms with Gasteiger partial charge >= 0.3 is 0 Å². The van der Waals surface area contributed by atoms with E-state index < -0.39 is 5.91 Å². The Balaban J connectivity index is 1.41. The topological polar surface area (TPSA) is 121 Å². The van der Waals surface area contributed by atoms with E-state index in [2.05, 4.69) is 89.7 Å². The molecule has 4 aromatic rings. The third-order valence-corrected chi connectivity index (χ3v) is 6.36. The highest BCUT2D eigenvalue weighted by molar-refractivity contribution is 6.04. The first-order valence-corrected chi connectivity index (χ1v) is 11.9. The van der Waals surface area contributed by atoms with Gasteiger partial charge in [-0.1, -0.05) is 65.8 Å². The predicted molar refractivity (Wildman–Crippen MR) is 135 cm³/mol. The average Bonchev–Trinajstić information content (AvgIpc) is 3.44. The number of amides is 1. The summed E-state index contributed by atoms with van der Waals surface area (Å²) in [7, 11) is 0. The average molecular weight is 485 g/mol. The second-order valence-corrected chi connectivity index (χ2v) is 8.57. The number of hydrogen-bond acceptors (Lipinski definition) is 8. The maximum atomic E-state index is 12.9. The number of pyridine rings is 1. The van der Waals surface area contributed by atoms with Crippen molar-refractivity contribution in [2.45, 2.75) is 25.1 Å². The SMILES string of the molecule is CC(Oc1ncccc1C(=O)Nc1nn[nH]n1)N1CCNCC1C(c1ccccc1)c1ccccc1. The van der Waals surface area contributed by atoms with E-state index >= 15 is 0 Å². The monoisotopic (exact) mass is 484 g/mol. The number of hydrogen-bond donors (Lipinski definition) is 3. The standard InChI is InChI=1S/C26H28N8O2/c1-18(36-25-21(13-8-14-28-25)24(35)29-26-30-32-33-31-26)34-16-15-27-17-22(34)23(19-9-4-2-5-10-19)20-11-6-3-7-12-20/h2-14,18,22-23,27H,15-17H2,1H3,(H2,29,30,31,32,33,35). The van der Waals surface area contributed by atoms with Crippen LogP contribution in [0.25, 0.3) is 0 Å². The fraction of sp³-hybridized carbons (Fsp3) is 0.269. The molecule has 1 aliphatic heterocycles. The molecule has 2 aromatic carbocycles. The minimum Gasteiger partial charge on any atom is -0.458 e. The maximum Gasteiger partial charge on any atom is 0.270 e. The van der Waals surface area contributed by atoms with E-state index in [1.54, 1.807) is 18.3 Å². The molecule has 0 radical (unpaired) electrons. The molecule has 0 aliphatic carbocycles. The van der Waals surface area contributed by atoms with E-state index in [-0.39, 0.29) is 30.0 Å². The van der Waals surface area contributed by atoms with Gasteiger partial charge in [-0.05, 0) is 35.4 Å². The number of ether oxygens (including phenoxy) is 1. The molecule has 1 saturated heterocycles. The smallest absolute Gasteiger partial charge is 0.270 e. The Hall–Kier alpha value is -4.15. The number of piperazine rings is 1. The highest BCUT2D eigenvalue weighted by Crippen LogP contribution is 2.33. The molecule has 0 spiro atoms. The summed E-state index contributed by atoms with van der Waals surface area (Å²) in [5, 5.41) is 19.5. The van der Waals surface area contributed by atoms with Gasteiger partial charge in [-0.15, -0.1) is 5.10 Å². The lowest BCUT2D eigenvalue weighted by molar-refractivity contribution is -0.0125. The van der Waals surface area contributed by atoms with Crippen molar-refractivity contribution >= 4 is 11.9 Å². The molecule has 3 N–H and O–H groups in total. The van der Waals surface area contributed by atoms with Crippen molar-refractivity contribution in [3.63, 3.8) is 0 Å². The van der Waals surface area contributed by atoms with Crippen LogP contribution in [-0.4, -0.2) is 68.3 Å². The second-order valence-electron chi connectivity index (χ2n) is 8.57. The Morgan fingerprint density at radius 1 is 1.06 bits per heavy atom. The number of rotatable bonds is 8. The van der Waals surface area contributed by atoms with E-state index in [0.29, 0.717) is 5.56 Å². The molecule has 10 heteroatoms. The normalized spacial score (nSPS) is 17.0. The molecule has 1 aliphatic rings. The number of aromatic nitrogens is 5. The molecule has 10 nitrogen and oxygen atoms in total. The second kappa shape index (κ2) is 11.1. The van der Waals surface area contributed by atoms with E-state index in [9.17, 15) is 4.79 Å². The fourth-order valence-corrected chi connectivity index (χ4v) is 4.73. The highest BCUT2D eigenvalue weighted by Gasteiger charge is 2.35. The van der Waals surface area contributed by atoms with Crippen molar-refractivity contribution in [3.05, 3.63) is 95.7 Å². The predicted octanol–water partition coefficient (Wildman–Crippen LogP) is 2.68. The molecule has 2 atom stereocenters. The van der Waals surface area contributed by atoms with Crippen molar-refractivity contribution in [2.24, 2.45) is 0 Å². The first-order valence-electron chi connectivity index (χ1n) is 11.9. The summed E-state index contributed by atoms with van der Waals surface area (Å²) < 4.78 is 6.34. The summed E-state index contributed by atoms with van der Waals surface area (Å²) in [6.07, 6.45) is 1.28. The third kappa shape index (κ3) is 5.24. The number of anilines is 1. The number of carbonyl (C=O) groups excluding carboxylic acids is 1. The quantitative estimate of drug-likeness (QED) is 0.349. The van der Waals surface area contributed by atoms with Crippen LogP contribution in [0.2, 0.25) is 0 Å². The summed E-state index contributed by atoms with van der Waals surface area (Å²) in [5.74, 6) is 0.0452. The van der Waals surface area contributed by atoms with Crippen LogP contribution in [0.4, 0.5) is 5.95 Å². The van der Waals surface area contributed by atoms with Crippen LogP contribution in [0.15, 0.2) is 79.0 Å². The molecule has 5 rings (SSSR count). The molecular weight excluding hydrogens is 456 g/mol. The summed E-state index contributed by atoms with van der Waals surface area (Å²) in [6, 6.07) is 24.6. The number of tetrazole rings is 1. The summed E-state index contributed by atoms with van der Waals surface area (Å²) >= 11 is 0. The summed E-state index contributed by atoms with van der Waals surface area (Å²) in [5.41, 5.74) is 2.78. The van der Waals surface area contributed by atoms with Gasteiger partial charge in [0.2, 0.25) is 5.88 Å². The molecule has 1 fully saturated rings. The van der Waals surface area contributed by atoms with Crippen LogP contribution in [0.3, 0.4) is 0 Å². The molecule has 184 valence electrons. The lowest BCUT2D eigenvalue weighted by Gasteiger charge is -2.43. The van der Waals surface area contributed by atoms with Gasteiger partial charge in [0.1, 0.15) is 5.56 Å². The van der Waals surface area contributed by atoms with E-state index in [0.717, 1.165) is 19.6 Å². The van der Waals surface area contributed by atoms with Gasteiger partial charge in [-0.2, -0.15) is 5.21 Å². The van der Waals surface area contributed by atoms with Crippen LogP contribution in [0.5, 0.6) is 5.88 Å². The molecule has 0 bridgehead atoms. The lowest BCUT2D eigenvalue weighted by Crippen LogP contribution is -2.58. The third-order valence-electron chi connectivity index (χ3n) is 6.36. The Morgan fingerprint density at radius 2 is 1.78 bits per heavy atom. The van der Waals surface area contributed by atoms with Gasteiger partial charge in [0, 0.05) is 37.8 Å². The molecule has 1 amide bonds. The fourth-order valence-electron chi connectivity index (χ4n) is 4.73. The van der Waals surface area contributed by atoms with E-state index in [1.807, 2.05) is 19.1 Å². The van der Waals surface area contributed by atoms with E-state index in [4.69, 9.17) is 4.74 Å². The lowest BCUT2D eigenvalue weighted by atomic mass is 9.83. The Kier molecular flexibility index (Phi) is 7.25. The van der Waals surface area contributed by atoms with Gasteiger partial charge in [0.05, 0.1) is 0 Å². The number of nitrogens with one attached hydrogen (secondary N) is 3. The van der Waals surface area contributed by atoms with Crippen LogP contribution < -0.4 is 15.4 Å². The Labute approximate surface area is 209 Å². The van der Waals surface area contributed by atoms with Gasteiger partial charge in [-0.3, -0.25) is 15.0 Å². The Morgan fingerprint density at radius 3 is 2.44 bits per heavy atom. The summed E-state index contributed by atoms with van der Waals surface area (Å²) in [6.45, 7) is 4.43. The molecule has 3 heterocycles. The zero-order chi connectivity index (χ0) is 24.7. The van der Waals surface area contributed by atoms with Gasteiger partial charge in [-0.25, -0.2) is 4.98 Å². The zero-order valence-corrected chi connectivity index (χ0v) is 19.9. The molecular formula is C26H28N8O2. The van der Waals surface area contributed by atoms with Crippen LogP contribution in [0.1, 0.15) is 34.3 Å². The van der Waals surface area contributed by atoms with Crippen molar-refractivity contribution in [3.8, 4) is 5.88 Å².